The van der Waals surface area contributed by atoms with Gasteiger partial charge in [0.05, 0.1) is 6.61 Å². The summed E-state index contributed by atoms with van der Waals surface area (Å²) in [5.41, 5.74) is -1.71. The zero-order valence-electron chi connectivity index (χ0n) is 17.8. The lowest BCUT2D eigenvalue weighted by molar-refractivity contribution is -0.124. The molecule has 1 aromatic carbocycles. The van der Waals surface area contributed by atoms with Crippen molar-refractivity contribution in [3.63, 3.8) is 0 Å². The van der Waals surface area contributed by atoms with Gasteiger partial charge in [0, 0.05) is 6.04 Å². The fourth-order valence-corrected chi connectivity index (χ4v) is 3.84. The van der Waals surface area contributed by atoms with E-state index in [4.69, 9.17) is 0 Å². The van der Waals surface area contributed by atoms with Crippen LogP contribution in [0.15, 0.2) is 0 Å². The average Bonchev–Trinajstić information content (AvgIpc) is 2.76. The summed E-state index contributed by atoms with van der Waals surface area (Å²) in [6.07, 6.45) is 11.0. The number of aliphatic hydroxyl groups is 1. The van der Waals surface area contributed by atoms with E-state index in [1.165, 1.54) is 19.3 Å². The summed E-state index contributed by atoms with van der Waals surface area (Å²) in [4.78, 5) is 24.7. The Balaban J connectivity index is 2.06. The Kier molecular flexibility index (Phi) is 10.3. The highest BCUT2D eigenvalue weighted by Crippen LogP contribution is 2.23. The molecule has 5 nitrogen and oxygen atoms in total. The maximum Gasteiger partial charge on any atom is 0.258 e. The zero-order chi connectivity index (χ0) is 23.7. The Labute approximate surface area is 183 Å². The van der Waals surface area contributed by atoms with E-state index in [0.717, 1.165) is 38.5 Å². The second-order valence-corrected chi connectivity index (χ2v) is 8.12. The van der Waals surface area contributed by atoms with Crippen molar-refractivity contribution in [2.75, 3.05) is 6.61 Å². The summed E-state index contributed by atoms with van der Waals surface area (Å²) in [5, 5.41) is 14.1. The summed E-state index contributed by atoms with van der Waals surface area (Å²) < 4.78 is 67.6. The molecular weight excluding hydrogens is 435 g/mol. The highest BCUT2D eigenvalue weighted by atomic mass is 19.2. The number of halogens is 5. The van der Waals surface area contributed by atoms with Gasteiger partial charge in [0.25, 0.3) is 5.91 Å². The normalized spacial score (nSPS) is 17.7. The van der Waals surface area contributed by atoms with Crippen LogP contribution in [0.2, 0.25) is 0 Å². The highest BCUT2D eigenvalue weighted by molar-refractivity contribution is 5.98. The van der Waals surface area contributed by atoms with E-state index >= 15 is 0 Å². The van der Waals surface area contributed by atoms with E-state index in [0.29, 0.717) is 12.8 Å². The topological polar surface area (TPSA) is 78.4 Å². The maximum atomic E-state index is 13.9. The number of benzene rings is 1. The Morgan fingerprint density at radius 3 is 1.59 bits per heavy atom. The Morgan fingerprint density at radius 1 is 0.750 bits per heavy atom. The first-order valence-corrected chi connectivity index (χ1v) is 11.0. The summed E-state index contributed by atoms with van der Waals surface area (Å²) in [5.74, 6) is -14.0. The van der Waals surface area contributed by atoms with E-state index in [1.54, 1.807) is 0 Å². The molecule has 1 aromatic rings. The summed E-state index contributed by atoms with van der Waals surface area (Å²) in [6.45, 7) is -0.917. The molecule has 0 saturated heterocycles. The molecule has 3 N–H and O–H groups in total. The summed E-state index contributed by atoms with van der Waals surface area (Å²) in [6, 6.07) is -1.82. The minimum Gasteiger partial charge on any atom is -0.394 e. The first-order valence-electron chi connectivity index (χ1n) is 11.0. The Morgan fingerprint density at radius 2 is 1.16 bits per heavy atom. The molecule has 0 aromatic heterocycles. The fourth-order valence-electron chi connectivity index (χ4n) is 3.84. The lowest BCUT2D eigenvalue weighted by Gasteiger charge is -2.23. The zero-order valence-corrected chi connectivity index (χ0v) is 17.8. The minimum absolute atomic E-state index is 0.206. The Bertz CT molecular complexity index is 765. The van der Waals surface area contributed by atoms with E-state index in [1.807, 2.05) is 5.32 Å². The molecular formula is C22H29F5N2O3. The fraction of sp³-hybridized carbons (Fsp3) is 0.636. The van der Waals surface area contributed by atoms with Crippen LogP contribution in [0.25, 0.3) is 0 Å². The van der Waals surface area contributed by atoms with Gasteiger partial charge in [0.2, 0.25) is 11.7 Å². The second kappa shape index (κ2) is 12.7. The first-order chi connectivity index (χ1) is 15.3. The third-order valence-corrected chi connectivity index (χ3v) is 5.69. The predicted molar refractivity (Wildman–Crippen MR) is 107 cm³/mol. The van der Waals surface area contributed by atoms with Crippen molar-refractivity contribution in [1.82, 2.24) is 10.6 Å². The van der Waals surface area contributed by atoms with Crippen LogP contribution in [-0.4, -0.2) is 35.6 Å². The largest absolute Gasteiger partial charge is 0.394 e. The van der Waals surface area contributed by atoms with Crippen LogP contribution in [0.4, 0.5) is 22.0 Å². The lowest BCUT2D eigenvalue weighted by Crippen LogP contribution is -2.51. The smallest absolute Gasteiger partial charge is 0.258 e. The van der Waals surface area contributed by atoms with Crippen LogP contribution in [-0.2, 0) is 4.79 Å². The van der Waals surface area contributed by atoms with Crippen LogP contribution in [0.3, 0.4) is 0 Å². The molecule has 32 heavy (non-hydrogen) atoms. The van der Waals surface area contributed by atoms with Gasteiger partial charge in [-0.15, -0.1) is 0 Å². The van der Waals surface area contributed by atoms with Gasteiger partial charge in [-0.05, 0) is 12.8 Å². The molecule has 0 unspecified atom stereocenters. The van der Waals surface area contributed by atoms with Gasteiger partial charge in [-0.2, -0.15) is 0 Å². The molecule has 0 heterocycles. The molecule has 10 heteroatoms. The van der Waals surface area contributed by atoms with Crippen LogP contribution < -0.4 is 10.6 Å². The minimum atomic E-state index is -2.39. The number of amides is 2. The third kappa shape index (κ3) is 6.88. The van der Waals surface area contributed by atoms with Gasteiger partial charge < -0.3 is 15.7 Å². The van der Waals surface area contributed by atoms with E-state index in [9.17, 15) is 36.6 Å². The molecule has 2 amide bonds. The van der Waals surface area contributed by atoms with Crippen molar-refractivity contribution in [3.8, 4) is 0 Å². The molecule has 0 aliphatic heterocycles. The van der Waals surface area contributed by atoms with Gasteiger partial charge in [0.15, 0.2) is 23.3 Å². The molecule has 0 radical (unpaired) electrons. The van der Waals surface area contributed by atoms with Crippen molar-refractivity contribution in [3.05, 3.63) is 34.6 Å². The molecule has 2 rings (SSSR count). The van der Waals surface area contributed by atoms with E-state index < -0.39 is 59.1 Å². The molecule has 0 bridgehead atoms. The van der Waals surface area contributed by atoms with Gasteiger partial charge in [-0.3, -0.25) is 9.59 Å². The van der Waals surface area contributed by atoms with Crippen molar-refractivity contribution in [2.24, 2.45) is 0 Å². The molecule has 1 fully saturated rings. The molecule has 1 atom stereocenters. The quantitative estimate of drug-likeness (QED) is 0.346. The van der Waals surface area contributed by atoms with Gasteiger partial charge >= 0.3 is 0 Å². The molecule has 0 spiro atoms. The predicted octanol–water partition coefficient (Wildman–Crippen LogP) is 4.26. The molecule has 1 saturated carbocycles. The van der Waals surface area contributed by atoms with Crippen LogP contribution >= 0.6 is 0 Å². The van der Waals surface area contributed by atoms with Crippen molar-refractivity contribution in [1.29, 1.82) is 0 Å². The second-order valence-electron chi connectivity index (χ2n) is 8.12. The number of carbonyl (C=O) groups is 2. The average molecular weight is 464 g/mol. The lowest BCUT2D eigenvalue weighted by atomic mass is 9.97. The molecule has 1 aliphatic rings. The van der Waals surface area contributed by atoms with Crippen LogP contribution in [0, 0.1) is 29.1 Å². The highest BCUT2D eigenvalue weighted by Gasteiger charge is 2.32. The van der Waals surface area contributed by atoms with Gasteiger partial charge in [-0.1, -0.05) is 57.8 Å². The number of carbonyl (C=O) groups excluding carboxylic acids is 2. The van der Waals surface area contributed by atoms with Crippen molar-refractivity contribution >= 4 is 11.8 Å². The number of aliphatic hydroxyl groups excluding tert-OH is 1. The van der Waals surface area contributed by atoms with Crippen molar-refractivity contribution < 1.29 is 36.6 Å². The van der Waals surface area contributed by atoms with Gasteiger partial charge in [0.1, 0.15) is 11.6 Å². The third-order valence-electron chi connectivity index (χ3n) is 5.69. The maximum absolute atomic E-state index is 13.9. The van der Waals surface area contributed by atoms with Crippen LogP contribution in [0.5, 0.6) is 0 Å². The summed E-state index contributed by atoms with van der Waals surface area (Å²) in [7, 11) is 0. The van der Waals surface area contributed by atoms with Crippen LogP contribution in [0.1, 0.15) is 81.0 Å². The molecule has 180 valence electrons. The number of hydrogen-bond acceptors (Lipinski definition) is 3. The van der Waals surface area contributed by atoms with Gasteiger partial charge in [-0.25, -0.2) is 22.0 Å². The van der Waals surface area contributed by atoms with Crippen molar-refractivity contribution in [2.45, 2.75) is 82.7 Å². The SMILES string of the molecule is O=C(N[C@@H](CO)C(=O)NC1CCCCCCCCCCC1)c1c(F)c(F)c(F)c(F)c1F. The number of rotatable bonds is 5. The standard InChI is InChI=1S/C22H29F5N2O3/c23-16-15(17(24)19(26)20(27)18(16)25)22(32)29-14(12-30)21(31)28-13-10-8-6-4-2-1-3-5-7-9-11-13/h13-14,30H,1-12H2,(H,28,31)(H,29,32)/t14-/m0/s1. The van der Waals surface area contributed by atoms with E-state index in [2.05, 4.69) is 5.32 Å². The number of nitrogens with one attached hydrogen (secondary N) is 2. The Hall–Kier alpha value is -2.23. The number of hydrogen-bond donors (Lipinski definition) is 3. The monoisotopic (exact) mass is 464 g/mol. The summed E-state index contributed by atoms with van der Waals surface area (Å²) >= 11 is 0. The van der Waals surface area contributed by atoms with E-state index in [-0.39, 0.29) is 6.04 Å². The first kappa shape index (κ1) is 26.0. The molecule has 1 aliphatic carbocycles.